The van der Waals surface area contributed by atoms with Crippen LogP contribution in [0.2, 0.25) is 0 Å². The van der Waals surface area contributed by atoms with E-state index in [0.29, 0.717) is 49.6 Å². The Hall–Kier alpha value is -3.00. The monoisotopic (exact) mass is 393 g/mol. The number of carbonyl (C=O) groups excluding carboxylic acids is 1. The van der Waals surface area contributed by atoms with Crippen LogP contribution in [0.3, 0.4) is 0 Å². The van der Waals surface area contributed by atoms with Crippen molar-refractivity contribution < 1.29 is 13.9 Å². The molecule has 1 amide bonds. The van der Waals surface area contributed by atoms with Gasteiger partial charge in [0.05, 0.1) is 12.3 Å². The zero-order valence-electron chi connectivity index (χ0n) is 16.6. The summed E-state index contributed by atoms with van der Waals surface area (Å²) in [6.45, 7) is 1.79. The highest BCUT2D eigenvalue weighted by molar-refractivity contribution is 5.92. The first-order chi connectivity index (χ1) is 14.1. The SMILES string of the molecule is CN(C)c1ncc2c(n1)C1(CCN(C(=O)c3nc4ccccc4o3)CC1)OCC2. The number of amides is 1. The molecule has 1 saturated heterocycles. The van der Waals surface area contributed by atoms with Gasteiger partial charge in [0.2, 0.25) is 5.95 Å². The molecule has 1 aromatic carbocycles. The van der Waals surface area contributed by atoms with Crippen LogP contribution in [-0.2, 0) is 16.8 Å². The summed E-state index contributed by atoms with van der Waals surface area (Å²) in [6, 6.07) is 7.41. The zero-order valence-corrected chi connectivity index (χ0v) is 16.6. The highest BCUT2D eigenvalue weighted by atomic mass is 16.5. The fourth-order valence-electron chi connectivity index (χ4n) is 4.17. The zero-order chi connectivity index (χ0) is 20.0. The number of hydrogen-bond donors (Lipinski definition) is 0. The van der Waals surface area contributed by atoms with Crippen LogP contribution in [-0.4, -0.2) is 59.6 Å². The molecule has 1 fully saturated rings. The van der Waals surface area contributed by atoms with Crippen LogP contribution in [0.15, 0.2) is 34.9 Å². The molecule has 0 radical (unpaired) electrons. The number of anilines is 1. The normalized spacial score (nSPS) is 18.1. The molecule has 8 nitrogen and oxygen atoms in total. The summed E-state index contributed by atoms with van der Waals surface area (Å²) in [6.07, 6.45) is 4.11. The van der Waals surface area contributed by atoms with Gasteiger partial charge in [0.1, 0.15) is 11.1 Å². The van der Waals surface area contributed by atoms with Crippen molar-refractivity contribution in [2.24, 2.45) is 0 Å². The third kappa shape index (κ3) is 3.04. The number of fused-ring (bicyclic) bond motifs is 3. The smallest absolute Gasteiger partial charge is 0.309 e. The predicted molar refractivity (Wildman–Crippen MR) is 107 cm³/mol. The Bertz CT molecular complexity index is 1040. The quantitative estimate of drug-likeness (QED) is 0.661. The van der Waals surface area contributed by atoms with Crippen molar-refractivity contribution in [2.45, 2.75) is 24.9 Å². The van der Waals surface area contributed by atoms with Crippen molar-refractivity contribution in [1.29, 1.82) is 0 Å². The van der Waals surface area contributed by atoms with Crippen molar-refractivity contribution in [3.8, 4) is 0 Å². The van der Waals surface area contributed by atoms with Gasteiger partial charge in [-0.3, -0.25) is 4.79 Å². The molecule has 0 bridgehead atoms. The third-order valence-electron chi connectivity index (χ3n) is 5.77. The van der Waals surface area contributed by atoms with Gasteiger partial charge in [0.15, 0.2) is 5.58 Å². The fraction of sp³-hybridized carbons (Fsp3) is 0.429. The Morgan fingerprint density at radius 3 is 2.72 bits per heavy atom. The van der Waals surface area contributed by atoms with Crippen LogP contribution < -0.4 is 4.90 Å². The minimum Gasteiger partial charge on any atom is -0.432 e. The minimum absolute atomic E-state index is 0.143. The molecule has 5 rings (SSSR count). The highest BCUT2D eigenvalue weighted by Crippen LogP contribution is 2.41. The average molecular weight is 393 g/mol. The van der Waals surface area contributed by atoms with Crippen LogP contribution in [0.25, 0.3) is 11.1 Å². The lowest BCUT2D eigenvalue weighted by atomic mass is 9.83. The van der Waals surface area contributed by atoms with Crippen molar-refractivity contribution in [3.63, 3.8) is 0 Å². The lowest BCUT2D eigenvalue weighted by molar-refractivity contribution is -0.0969. The van der Waals surface area contributed by atoms with E-state index in [1.165, 1.54) is 0 Å². The lowest BCUT2D eigenvalue weighted by Crippen LogP contribution is -2.49. The summed E-state index contributed by atoms with van der Waals surface area (Å²) >= 11 is 0. The van der Waals surface area contributed by atoms with Gasteiger partial charge in [0.25, 0.3) is 5.89 Å². The Kier molecular flexibility index (Phi) is 4.24. The van der Waals surface area contributed by atoms with E-state index in [0.717, 1.165) is 17.7 Å². The molecule has 0 aliphatic carbocycles. The molecule has 0 atom stereocenters. The number of likely N-dealkylation sites (tertiary alicyclic amines) is 1. The highest BCUT2D eigenvalue weighted by Gasteiger charge is 2.44. The molecule has 0 N–H and O–H groups in total. The van der Waals surface area contributed by atoms with Gasteiger partial charge in [-0.15, -0.1) is 0 Å². The van der Waals surface area contributed by atoms with Gasteiger partial charge < -0.3 is 19.0 Å². The van der Waals surface area contributed by atoms with Crippen LogP contribution in [0.4, 0.5) is 5.95 Å². The second-order valence-electron chi connectivity index (χ2n) is 7.81. The van der Waals surface area contributed by atoms with Gasteiger partial charge in [0, 0.05) is 33.4 Å². The van der Waals surface area contributed by atoms with E-state index in [-0.39, 0.29) is 11.8 Å². The summed E-state index contributed by atoms with van der Waals surface area (Å²) in [7, 11) is 3.86. The summed E-state index contributed by atoms with van der Waals surface area (Å²) in [5.41, 5.74) is 2.97. The van der Waals surface area contributed by atoms with E-state index >= 15 is 0 Å². The van der Waals surface area contributed by atoms with E-state index < -0.39 is 5.60 Å². The van der Waals surface area contributed by atoms with Gasteiger partial charge in [-0.05, 0) is 37.0 Å². The van der Waals surface area contributed by atoms with Gasteiger partial charge >= 0.3 is 5.91 Å². The number of benzene rings is 1. The first-order valence-corrected chi connectivity index (χ1v) is 9.88. The summed E-state index contributed by atoms with van der Waals surface area (Å²) in [4.78, 5) is 30.2. The standard InChI is InChI=1S/C21H23N5O3/c1-25(2)20-22-13-14-7-12-28-21(17(14)24-20)8-10-26(11-9-21)19(27)18-23-15-5-3-4-6-16(15)29-18/h3-6,13H,7-12H2,1-2H3. The van der Waals surface area contributed by atoms with Crippen LogP contribution >= 0.6 is 0 Å². The molecular formula is C21H23N5O3. The van der Waals surface area contributed by atoms with E-state index in [1.54, 1.807) is 4.90 Å². The second-order valence-corrected chi connectivity index (χ2v) is 7.81. The van der Waals surface area contributed by atoms with Gasteiger partial charge in [-0.2, -0.15) is 0 Å². The van der Waals surface area contributed by atoms with E-state index in [9.17, 15) is 4.79 Å². The number of hydrogen-bond acceptors (Lipinski definition) is 7. The molecular weight excluding hydrogens is 370 g/mol. The van der Waals surface area contributed by atoms with Crippen molar-refractivity contribution in [2.75, 3.05) is 38.7 Å². The van der Waals surface area contributed by atoms with Crippen LogP contribution in [0.1, 0.15) is 34.8 Å². The summed E-state index contributed by atoms with van der Waals surface area (Å²) < 4.78 is 11.9. The number of rotatable bonds is 2. The number of ether oxygens (including phenoxy) is 1. The molecule has 0 unspecified atom stereocenters. The number of nitrogens with zero attached hydrogens (tertiary/aromatic N) is 5. The van der Waals surface area contributed by atoms with Gasteiger partial charge in [-0.1, -0.05) is 12.1 Å². The topological polar surface area (TPSA) is 84.6 Å². The molecule has 2 aliphatic heterocycles. The van der Waals surface area contributed by atoms with Crippen LogP contribution in [0, 0.1) is 0 Å². The first-order valence-electron chi connectivity index (χ1n) is 9.88. The Labute approximate surface area is 168 Å². The molecule has 150 valence electrons. The summed E-state index contributed by atoms with van der Waals surface area (Å²) in [5, 5.41) is 0. The largest absolute Gasteiger partial charge is 0.432 e. The molecule has 8 heteroatoms. The van der Waals surface area contributed by atoms with E-state index in [1.807, 2.05) is 49.5 Å². The molecule has 0 saturated carbocycles. The van der Waals surface area contributed by atoms with Crippen molar-refractivity contribution in [1.82, 2.24) is 19.9 Å². The minimum atomic E-state index is -0.459. The van der Waals surface area contributed by atoms with Gasteiger partial charge in [-0.25, -0.2) is 15.0 Å². The van der Waals surface area contributed by atoms with Crippen molar-refractivity contribution in [3.05, 3.63) is 47.6 Å². The number of aromatic nitrogens is 3. The predicted octanol–water partition coefficient (Wildman–Crippen LogP) is 2.39. The molecule has 29 heavy (non-hydrogen) atoms. The molecule has 1 spiro atoms. The van der Waals surface area contributed by atoms with E-state index in [4.69, 9.17) is 14.1 Å². The average Bonchev–Trinajstić information content (AvgIpc) is 3.18. The Morgan fingerprint density at radius 1 is 1.17 bits per heavy atom. The maximum atomic E-state index is 12.9. The maximum Gasteiger partial charge on any atom is 0.309 e. The number of oxazole rings is 1. The van der Waals surface area contributed by atoms with Crippen molar-refractivity contribution >= 4 is 23.0 Å². The fourth-order valence-corrected chi connectivity index (χ4v) is 4.17. The van der Waals surface area contributed by atoms with E-state index in [2.05, 4.69) is 9.97 Å². The Balaban J connectivity index is 1.38. The summed E-state index contributed by atoms with van der Waals surface area (Å²) in [5.74, 6) is 0.645. The lowest BCUT2D eigenvalue weighted by Gasteiger charge is -2.43. The molecule has 2 aromatic heterocycles. The maximum absolute atomic E-state index is 12.9. The molecule has 3 aromatic rings. The second kappa shape index (κ2) is 6.81. The molecule has 4 heterocycles. The van der Waals surface area contributed by atoms with Crippen LogP contribution in [0.5, 0.6) is 0 Å². The number of para-hydroxylation sites is 2. The Morgan fingerprint density at radius 2 is 1.97 bits per heavy atom. The third-order valence-corrected chi connectivity index (χ3v) is 5.77. The number of piperidine rings is 1. The first kappa shape index (κ1) is 18.1. The number of carbonyl (C=O) groups is 1. The molecule has 2 aliphatic rings.